The maximum absolute atomic E-state index is 12.5. The van der Waals surface area contributed by atoms with Crippen molar-refractivity contribution in [2.45, 2.75) is 10.4 Å². The molecule has 0 aliphatic carbocycles. The van der Waals surface area contributed by atoms with Gasteiger partial charge in [-0.05, 0) is 48.5 Å². The first-order chi connectivity index (χ1) is 14.7. The van der Waals surface area contributed by atoms with Gasteiger partial charge >= 0.3 is 0 Å². The number of hydrogen-bond donors (Lipinski definition) is 4. The lowest BCUT2D eigenvalue weighted by Gasteiger charge is -2.28. The number of rotatable bonds is 9. The molecule has 9 nitrogen and oxygen atoms in total. The Morgan fingerprint density at radius 3 is 2.00 bits per heavy atom. The summed E-state index contributed by atoms with van der Waals surface area (Å²) in [6.45, 7) is -2.27. The molecule has 0 radical (unpaired) electrons. The minimum absolute atomic E-state index is 0.0953. The smallest absolute Gasteiger partial charge is 0.241 e. The molecule has 0 spiro atoms. The van der Waals surface area contributed by atoms with E-state index in [1.807, 2.05) is 43.3 Å². The fraction of sp³-hybridized carbons (Fsp3) is 0.286. The third-order valence-corrected chi connectivity index (χ3v) is 6.44. The van der Waals surface area contributed by atoms with Crippen LogP contribution in [0.15, 0.2) is 64.0 Å². The molecule has 0 fully saturated rings. The lowest BCUT2D eigenvalue weighted by Crippen LogP contribution is -2.56. The molecule has 2 aromatic carbocycles. The molecule has 1 aromatic heterocycles. The van der Waals surface area contributed by atoms with Gasteiger partial charge in [0.05, 0.1) is 30.9 Å². The number of aliphatic hydroxyl groups excluding tert-OH is 3. The molecule has 0 aliphatic rings. The van der Waals surface area contributed by atoms with Crippen LogP contribution in [0.2, 0.25) is 0 Å². The van der Waals surface area contributed by atoms with E-state index in [2.05, 4.69) is 9.71 Å². The highest BCUT2D eigenvalue weighted by Crippen LogP contribution is 2.28. The van der Waals surface area contributed by atoms with Crippen LogP contribution >= 0.6 is 0 Å². The van der Waals surface area contributed by atoms with Gasteiger partial charge in [-0.1, -0.05) is 0 Å². The maximum atomic E-state index is 12.5. The molecule has 0 amide bonds. The predicted molar refractivity (Wildman–Crippen MR) is 116 cm³/mol. The molecule has 0 saturated heterocycles. The molecule has 3 aromatic rings. The number of sulfonamides is 1. The number of anilines is 1. The highest BCUT2D eigenvalue weighted by Gasteiger charge is 2.33. The lowest BCUT2D eigenvalue weighted by molar-refractivity contribution is 0.0582. The molecule has 0 bridgehead atoms. The van der Waals surface area contributed by atoms with Gasteiger partial charge in [0.1, 0.15) is 5.54 Å². The zero-order valence-electron chi connectivity index (χ0n) is 17.2. The Labute approximate surface area is 180 Å². The van der Waals surface area contributed by atoms with E-state index in [0.717, 1.165) is 11.3 Å². The first-order valence-electron chi connectivity index (χ1n) is 9.44. The van der Waals surface area contributed by atoms with Gasteiger partial charge in [0.15, 0.2) is 5.76 Å². The van der Waals surface area contributed by atoms with Crippen LogP contribution in [0.1, 0.15) is 0 Å². The minimum Gasteiger partial charge on any atom is -0.436 e. The molecule has 1 heterocycles. The summed E-state index contributed by atoms with van der Waals surface area (Å²) in [5, 5.41) is 28.0. The van der Waals surface area contributed by atoms with Crippen LogP contribution in [0.5, 0.6) is 0 Å². The number of nitrogens with zero attached hydrogens (tertiary/aromatic N) is 2. The van der Waals surface area contributed by atoms with Crippen molar-refractivity contribution >= 4 is 15.7 Å². The Kier molecular flexibility index (Phi) is 6.77. The second-order valence-corrected chi connectivity index (χ2v) is 9.04. The second kappa shape index (κ2) is 9.16. The Hall–Kier alpha value is -2.76. The fourth-order valence-electron chi connectivity index (χ4n) is 2.83. The molecule has 0 atom stereocenters. The van der Waals surface area contributed by atoms with E-state index < -0.39 is 35.4 Å². The maximum Gasteiger partial charge on any atom is 0.241 e. The zero-order chi connectivity index (χ0) is 22.6. The number of benzene rings is 2. The van der Waals surface area contributed by atoms with Crippen molar-refractivity contribution in [3.8, 4) is 22.8 Å². The van der Waals surface area contributed by atoms with Crippen molar-refractivity contribution in [1.29, 1.82) is 0 Å². The van der Waals surface area contributed by atoms with E-state index in [-0.39, 0.29) is 4.90 Å². The Morgan fingerprint density at radius 2 is 1.48 bits per heavy atom. The average molecular weight is 448 g/mol. The van der Waals surface area contributed by atoms with E-state index >= 15 is 0 Å². The highest BCUT2D eigenvalue weighted by atomic mass is 32.2. The normalized spacial score (nSPS) is 12.2. The van der Waals surface area contributed by atoms with Gasteiger partial charge in [0, 0.05) is 30.9 Å². The predicted octanol–water partition coefficient (Wildman–Crippen LogP) is 1.07. The molecule has 0 aliphatic heterocycles. The summed E-state index contributed by atoms with van der Waals surface area (Å²) in [6.07, 6.45) is 1.60. The number of nitrogens with one attached hydrogen (secondary N) is 1. The minimum atomic E-state index is -4.09. The molecule has 0 unspecified atom stereocenters. The van der Waals surface area contributed by atoms with Crippen molar-refractivity contribution in [3.63, 3.8) is 0 Å². The summed E-state index contributed by atoms with van der Waals surface area (Å²) >= 11 is 0. The van der Waals surface area contributed by atoms with Crippen LogP contribution in [0.4, 0.5) is 5.69 Å². The quantitative estimate of drug-likeness (QED) is 0.382. The monoisotopic (exact) mass is 447 g/mol. The lowest BCUT2D eigenvalue weighted by atomic mass is 10.1. The van der Waals surface area contributed by atoms with Crippen LogP contribution in [0.3, 0.4) is 0 Å². The molecule has 3 rings (SSSR count). The van der Waals surface area contributed by atoms with Gasteiger partial charge < -0.3 is 24.6 Å². The number of oxazole rings is 1. The largest absolute Gasteiger partial charge is 0.436 e. The summed E-state index contributed by atoms with van der Waals surface area (Å²) < 4.78 is 33.1. The molecular weight excluding hydrogens is 422 g/mol. The van der Waals surface area contributed by atoms with Crippen molar-refractivity contribution in [1.82, 2.24) is 9.71 Å². The Bertz CT molecular complexity index is 1100. The van der Waals surface area contributed by atoms with Crippen molar-refractivity contribution in [2.24, 2.45) is 0 Å². The van der Waals surface area contributed by atoms with E-state index in [0.29, 0.717) is 17.2 Å². The average Bonchev–Trinajstić information content (AvgIpc) is 3.28. The summed E-state index contributed by atoms with van der Waals surface area (Å²) in [6, 6.07) is 13.6. The van der Waals surface area contributed by atoms with Crippen LogP contribution < -0.4 is 9.62 Å². The molecule has 31 heavy (non-hydrogen) atoms. The van der Waals surface area contributed by atoms with Gasteiger partial charge in [0.25, 0.3) is 0 Å². The second-order valence-electron chi connectivity index (χ2n) is 7.36. The van der Waals surface area contributed by atoms with Gasteiger partial charge in [-0.25, -0.2) is 13.4 Å². The zero-order valence-corrected chi connectivity index (χ0v) is 18.0. The summed E-state index contributed by atoms with van der Waals surface area (Å²) in [5.41, 5.74) is 0.743. The van der Waals surface area contributed by atoms with Crippen LogP contribution in [0, 0.1) is 0 Å². The number of aromatic nitrogens is 1. The third kappa shape index (κ3) is 4.94. The number of hydrogen-bond acceptors (Lipinski definition) is 8. The van der Waals surface area contributed by atoms with Gasteiger partial charge in [-0.15, -0.1) is 0 Å². The topological polar surface area (TPSA) is 136 Å². The van der Waals surface area contributed by atoms with E-state index in [9.17, 15) is 23.7 Å². The van der Waals surface area contributed by atoms with Crippen LogP contribution in [0.25, 0.3) is 22.8 Å². The Balaban J connectivity index is 1.80. The molecular formula is C21H25N3O6S. The van der Waals surface area contributed by atoms with Crippen molar-refractivity contribution in [2.75, 3.05) is 38.8 Å². The molecule has 0 saturated carbocycles. The van der Waals surface area contributed by atoms with Gasteiger partial charge in [-0.3, -0.25) is 0 Å². The first-order valence-corrected chi connectivity index (χ1v) is 10.9. The standard InChI is InChI=1S/C21H25N3O6S/c1-24(2)17-7-3-15(4-8-17)19-11-22-20(30-19)16-5-9-18(10-6-16)31(28,29)23-21(12-25,13-26)14-27/h3-11,23,25-27H,12-14H2,1-2H3. The van der Waals surface area contributed by atoms with E-state index in [4.69, 9.17) is 4.42 Å². The van der Waals surface area contributed by atoms with Gasteiger partial charge in [0.2, 0.25) is 15.9 Å². The van der Waals surface area contributed by atoms with E-state index in [1.54, 1.807) is 6.20 Å². The summed E-state index contributed by atoms with van der Waals surface area (Å²) in [4.78, 5) is 6.17. The third-order valence-electron chi connectivity index (χ3n) is 4.84. The first kappa shape index (κ1) is 22.9. The molecule has 4 N–H and O–H groups in total. The summed E-state index contributed by atoms with van der Waals surface area (Å²) in [5.74, 6) is 0.913. The van der Waals surface area contributed by atoms with Crippen LogP contribution in [-0.2, 0) is 10.0 Å². The van der Waals surface area contributed by atoms with E-state index in [1.165, 1.54) is 24.3 Å². The van der Waals surface area contributed by atoms with Crippen molar-refractivity contribution < 1.29 is 28.2 Å². The Morgan fingerprint density at radius 1 is 0.935 bits per heavy atom. The number of aliphatic hydroxyl groups is 3. The molecule has 10 heteroatoms. The van der Waals surface area contributed by atoms with Gasteiger partial charge in [-0.2, -0.15) is 4.72 Å². The van der Waals surface area contributed by atoms with Crippen LogP contribution in [-0.4, -0.2) is 68.2 Å². The fourth-order valence-corrected chi connectivity index (χ4v) is 4.21. The highest BCUT2D eigenvalue weighted by molar-refractivity contribution is 7.89. The SMILES string of the molecule is CN(C)c1ccc(-c2cnc(-c3ccc(S(=O)(=O)NC(CO)(CO)CO)cc3)o2)cc1. The summed E-state index contributed by atoms with van der Waals surface area (Å²) in [7, 11) is -0.174. The molecule has 166 valence electrons. The van der Waals surface area contributed by atoms with Crippen molar-refractivity contribution in [3.05, 3.63) is 54.7 Å².